The van der Waals surface area contributed by atoms with Crippen molar-refractivity contribution in [1.29, 1.82) is 0 Å². The number of aryl methyl sites for hydroxylation is 1. The Morgan fingerprint density at radius 2 is 2.05 bits per heavy atom. The highest BCUT2D eigenvalue weighted by Crippen LogP contribution is 2.26. The molecule has 3 N–H and O–H groups in total. The summed E-state index contributed by atoms with van der Waals surface area (Å²) in [7, 11) is 0. The Kier molecular flexibility index (Phi) is 4.58. The van der Waals surface area contributed by atoms with Crippen LogP contribution in [-0.4, -0.2) is 39.2 Å². The van der Waals surface area contributed by atoms with Crippen LogP contribution in [0, 0.1) is 6.92 Å². The molecule has 6 nitrogen and oxygen atoms in total. The lowest BCUT2D eigenvalue weighted by Crippen LogP contribution is -2.46. The number of carboxylic acid groups (broad SMARTS) is 1. The average molecular weight is 320 g/mol. The van der Waals surface area contributed by atoms with Gasteiger partial charge in [0.2, 0.25) is 0 Å². The van der Waals surface area contributed by atoms with E-state index in [0.29, 0.717) is 5.01 Å². The number of benzene rings is 1. The molecule has 116 valence electrons. The Balaban J connectivity index is 2.10. The zero-order valence-corrected chi connectivity index (χ0v) is 13.0. The van der Waals surface area contributed by atoms with Gasteiger partial charge in [0.1, 0.15) is 10.7 Å². The van der Waals surface area contributed by atoms with Crippen LogP contribution in [0.15, 0.2) is 29.6 Å². The molecule has 1 atom stereocenters. The fraction of sp³-hybridized carbons (Fsp3) is 0.267. The van der Waals surface area contributed by atoms with E-state index >= 15 is 0 Å². The maximum atomic E-state index is 12.0. The predicted octanol–water partition coefficient (Wildman–Crippen LogP) is 1.68. The van der Waals surface area contributed by atoms with Gasteiger partial charge in [-0.05, 0) is 19.4 Å². The maximum Gasteiger partial charge on any atom is 0.337 e. The van der Waals surface area contributed by atoms with Crippen LogP contribution in [0.4, 0.5) is 0 Å². The minimum absolute atomic E-state index is 0.199. The summed E-state index contributed by atoms with van der Waals surface area (Å²) in [6.45, 7) is 2.69. The second-order valence-electron chi connectivity index (χ2n) is 5.11. The SMILES string of the molecule is Cc1ccccc1-c1nc(C(=O)NCC(C)(O)C(=O)O)cs1. The van der Waals surface area contributed by atoms with Crippen LogP contribution in [0.5, 0.6) is 0 Å². The number of carbonyl (C=O) groups excluding carboxylic acids is 1. The normalized spacial score (nSPS) is 13.4. The second kappa shape index (κ2) is 6.25. The van der Waals surface area contributed by atoms with Crippen molar-refractivity contribution in [1.82, 2.24) is 10.3 Å². The molecule has 0 bridgehead atoms. The van der Waals surface area contributed by atoms with Crippen LogP contribution < -0.4 is 5.32 Å². The molecule has 2 rings (SSSR count). The Bertz CT molecular complexity index is 709. The van der Waals surface area contributed by atoms with Crippen LogP contribution in [-0.2, 0) is 4.79 Å². The van der Waals surface area contributed by atoms with Crippen LogP contribution in [0.25, 0.3) is 10.6 Å². The molecule has 1 amide bonds. The van der Waals surface area contributed by atoms with Crippen LogP contribution in [0.1, 0.15) is 23.0 Å². The van der Waals surface area contributed by atoms with Gasteiger partial charge >= 0.3 is 5.97 Å². The number of aromatic nitrogens is 1. The second-order valence-corrected chi connectivity index (χ2v) is 5.97. The molecule has 0 spiro atoms. The molecule has 22 heavy (non-hydrogen) atoms. The monoisotopic (exact) mass is 320 g/mol. The van der Waals surface area contributed by atoms with E-state index in [0.717, 1.165) is 18.1 Å². The molecule has 1 aromatic carbocycles. The first-order valence-electron chi connectivity index (χ1n) is 6.57. The summed E-state index contributed by atoms with van der Waals surface area (Å²) in [5, 5.41) is 23.1. The average Bonchev–Trinajstić information content (AvgIpc) is 2.95. The van der Waals surface area contributed by atoms with Crippen LogP contribution in [0.2, 0.25) is 0 Å². The molecule has 0 saturated carbocycles. The molecular weight excluding hydrogens is 304 g/mol. The van der Waals surface area contributed by atoms with Crippen molar-refractivity contribution < 1.29 is 19.8 Å². The Labute approximate surface area is 131 Å². The summed E-state index contributed by atoms with van der Waals surface area (Å²) in [6.07, 6.45) is 0. The number of carbonyl (C=O) groups is 2. The fourth-order valence-electron chi connectivity index (χ4n) is 1.73. The minimum Gasteiger partial charge on any atom is -0.479 e. The van der Waals surface area contributed by atoms with Gasteiger partial charge in [0.25, 0.3) is 5.91 Å². The highest BCUT2D eigenvalue weighted by atomic mass is 32.1. The number of rotatable bonds is 5. The number of carboxylic acids is 1. The first-order valence-corrected chi connectivity index (χ1v) is 7.45. The first-order chi connectivity index (χ1) is 10.3. The van der Waals surface area contributed by atoms with Crippen molar-refractivity contribution >= 4 is 23.2 Å². The molecule has 0 aliphatic carbocycles. The number of hydrogen-bond acceptors (Lipinski definition) is 5. The van der Waals surface area contributed by atoms with Crippen molar-refractivity contribution in [2.75, 3.05) is 6.54 Å². The van der Waals surface area contributed by atoms with Gasteiger partial charge in [0.05, 0.1) is 6.54 Å². The number of nitrogens with one attached hydrogen (secondary N) is 1. The van der Waals surface area contributed by atoms with E-state index < -0.39 is 24.0 Å². The molecule has 1 aromatic heterocycles. The van der Waals surface area contributed by atoms with Crippen molar-refractivity contribution in [3.05, 3.63) is 40.9 Å². The number of hydrogen-bond donors (Lipinski definition) is 3. The van der Waals surface area contributed by atoms with Gasteiger partial charge in [-0.1, -0.05) is 24.3 Å². The smallest absolute Gasteiger partial charge is 0.337 e. The third-order valence-electron chi connectivity index (χ3n) is 3.17. The molecule has 2 aromatic rings. The van der Waals surface area contributed by atoms with Crippen molar-refractivity contribution in [2.45, 2.75) is 19.4 Å². The van der Waals surface area contributed by atoms with Gasteiger partial charge in [-0.3, -0.25) is 4.79 Å². The van der Waals surface area contributed by atoms with E-state index in [-0.39, 0.29) is 5.69 Å². The van der Waals surface area contributed by atoms with E-state index in [1.54, 1.807) is 5.38 Å². The molecule has 7 heteroatoms. The van der Waals surface area contributed by atoms with Crippen molar-refractivity contribution in [3.8, 4) is 10.6 Å². The highest BCUT2D eigenvalue weighted by molar-refractivity contribution is 7.13. The largest absolute Gasteiger partial charge is 0.479 e. The highest BCUT2D eigenvalue weighted by Gasteiger charge is 2.30. The van der Waals surface area contributed by atoms with Gasteiger partial charge in [-0.25, -0.2) is 9.78 Å². The number of amides is 1. The lowest BCUT2D eigenvalue weighted by atomic mass is 10.1. The summed E-state index contributed by atoms with van der Waals surface area (Å²) in [5.74, 6) is -1.91. The number of thiazole rings is 1. The molecule has 0 radical (unpaired) electrons. The van der Waals surface area contributed by atoms with Crippen LogP contribution >= 0.6 is 11.3 Å². The molecular formula is C15H16N2O4S. The van der Waals surface area contributed by atoms with Gasteiger partial charge < -0.3 is 15.5 Å². The standard InChI is InChI=1S/C15H16N2O4S/c1-9-5-3-4-6-10(9)13-17-11(7-22-13)12(18)16-8-15(2,21)14(19)20/h3-7,21H,8H2,1-2H3,(H,16,18)(H,19,20). The Morgan fingerprint density at radius 1 is 1.36 bits per heavy atom. The molecule has 0 aliphatic heterocycles. The zero-order chi connectivity index (χ0) is 16.3. The Hall–Kier alpha value is -2.25. The molecule has 1 unspecified atom stereocenters. The number of aliphatic carboxylic acids is 1. The number of nitrogens with zero attached hydrogens (tertiary/aromatic N) is 1. The topological polar surface area (TPSA) is 99.5 Å². The van der Waals surface area contributed by atoms with E-state index in [1.807, 2.05) is 31.2 Å². The summed E-state index contributed by atoms with van der Waals surface area (Å²) < 4.78 is 0. The third-order valence-corrected chi connectivity index (χ3v) is 4.04. The molecule has 1 heterocycles. The fourth-order valence-corrected chi connectivity index (χ4v) is 2.62. The van der Waals surface area contributed by atoms with Crippen molar-refractivity contribution in [3.63, 3.8) is 0 Å². The third kappa shape index (κ3) is 3.49. The summed E-state index contributed by atoms with van der Waals surface area (Å²) in [5.41, 5.74) is 0.191. The summed E-state index contributed by atoms with van der Waals surface area (Å²) in [6, 6.07) is 7.70. The summed E-state index contributed by atoms with van der Waals surface area (Å²) >= 11 is 1.33. The van der Waals surface area contributed by atoms with E-state index in [4.69, 9.17) is 5.11 Å². The Morgan fingerprint density at radius 3 is 2.68 bits per heavy atom. The van der Waals surface area contributed by atoms with Crippen molar-refractivity contribution in [2.24, 2.45) is 0 Å². The molecule has 0 fully saturated rings. The molecule has 0 saturated heterocycles. The lowest BCUT2D eigenvalue weighted by molar-refractivity contribution is -0.155. The first kappa shape index (κ1) is 16.1. The molecule has 0 aliphatic rings. The minimum atomic E-state index is -2.01. The summed E-state index contributed by atoms with van der Waals surface area (Å²) in [4.78, 5) is 27.0. The zero-order valence-electron chi connectivity index (χ0n) is 12.2. The van der Waals surface area contributed by atoms with E-state index in [2.05, 4.69) is 10.3 Å². The van der Waals surface area contributed by atoms with Gasteiger partial charge in [0.15, 0.2) is 5.60 Å². The van der Waals surface area contributed by atoms with E-state index in [9.17, 15) is 14.7 Å². The van der Waals surface area contributed by atoms with Gasteiger partial charge in [0, 0.05) is 10.9 Å². The number of aliphatic hydroxyl groups is 1. The van der Waals surface area contributed by atoms with Crippen LogP contribution in [0.3, 0.4) is 0 Å². The maximum absolute atomic E-state index is 12.0. The lowest BCUT2D eigenvalue weighted by Gasteiger charge is -2.17. The van der Waals surface area contributed by atoms with Gasteiger partial charge in [-0.2, -0.15) is 0 Å². The van der Waals surface area contributed by atoms with Gasteiger partial charge in [-0.15, -0.1) is 11.3 Å². The van der Waals surface area contributed by atoms with E-state index in [1.165, 1.54) is 11.3 Å². The predicted molar refractivity (Wildman–Crippen MR) is 82.9 cm³/mol. The quantitative estimate of drug-likeness (QED) is 0.778.